The van der Waals surface area contributed by atoms with Crippen LogP contribution in [0, 0.1) is 5.92 Å². The first-order chi connectivity index (χ1) is 20.4. The molecule has 0 aromatic heterocycles. The molecule has 0 N–H and O–H groups in total. The van der Waals surface area contributed by atoms with E-state index in [9.17, 15) is 4.79 Å². The molecule has 236 valence electrons. The Labute approximate surface area is 258 Å². The van der Waals surface area contributed by atoms with Crippen molar-refractivity contribution in [2.45, 2.75) is 136 Å². The highest BCUT2D eigenvalue weighted by Gasteiger charge is 2.30. The lowest BCUT2D eigenvalue weighted by atomic mass is 10.0. The van der Waals surface area contributed by atoms with Gasteiger partial charge < -0.3 is 14.0 Å². The van der Waals surface area contributed by atoms with Crippen LogP contribution in [0.15, 0.2) is 54.6 Å². The van der Waals surface area contributed by atoms with Gasteiger partial charge in [0.05, 0.1) is 20.6 Å². The van der Waals surface area contributed by atoms with Crippen LogP contribution in [0.4, 0.5) is 0 Å². The van der Waals surface area contributed by atoms with Crippen molar-refractivity contribution in [2.75, 3.05) is 20.6 Å². The first-order valence-electron chi connectivity index (χ1n) is 17.2. The zero-order chi connectivity index (χ0) is 30.5. The number of hydrogen-bond donors (Lipinski definition) is 0. The van der Waals surface area contributed by atoms with Gasteiger partial charge in [0.2, 0.25) is 6.29 Å². The highest BCUT2D eigenvalue weighted by atomic mass is 16.7. The van der Waals surface area contributed by atoms with Crippen molar-refractivity contribution < 1.29 is 18.8 Å². The largest absolute Gasteiger partial charge is 0.455 e. The molecule has 2 unspecified atom stereocenters. The molecule has 0 amide bonds. The van der Waals surface area contributed by atoms with E-state index in [0.717, 1.165) is 42.6 Å². The van der Waals surface area contributed by atoms with E-state index >= 15 is 0 Å². The molecule has 2 aromatic carbocycles. The van der Waals surface area contributed by atoms with Crippen molar-refractivity contribution in [3.05, 3.63) is 65.7 Å². The number of esters is 1. The van der Waals surface area contributed by atoms with E-state index < -0.39 is 6.29 Å². The molecule has 4 heteroatoms. The number of nitrogens with zero attached hydrogens (tertiary/aromatic N) is 1. The number of carbonyl (C=O) groups is 1. The van der Waals surface area contributed by atoms with Crippen LogP contribution in [0.2, 0.25) is 0 Å². The number of carbonyl (C=O) groups excluding carboxylic acids is 1. The van der Waals surface area contributed by atoms with Crippen molar-refractivity contribution >= 4 is 5.97 Å². The second-order valence-electron chi connectivity index (χ2n) is 12.9. The van der Waals surface area contributed by atoms with Crippen LogP contribution in [-0.4, -0.2) is 37.4 Å². The highest BCUT2D eigenvalue weighted by molar-refractivity contribution is 5.72. The molecule has 0 spiro atoms. The Kier molecular flexibility index (Phi) is 18.3. The fourth-order valence-corrected chi connectivity index (χ4v) is 5.81. The summed E-state index contributed by atoms with van der Waals surface area (Å²) in [6, 6.07) is 18.8. The van der Waals surface area contributed by atoms with Gasteiger partial charge >= 0.3 is 5.97 Å². The number of benzene rings is 2. The number of quaternary nitrogens is 1. The van der Waals surface area contributed by atoms with Crippen LogP contribution >= 0.6 is 0 Å². The van der Waals surface area contributed by atoms with Crippen molar-refractivity contribution in [1.82, 2.24) is 0 Å². The van der Waals surface area contributed by atoms with Gasteiger partial charge in [0.15, 0.2) is 0 Å². The Morgan fingerprint density at radius 3 is 1.90 bits per heavy atom. The first kappa shape index (κ1) is 35.9. The predicted octanol–water partition coefficient (Wildman–Crippen LogP) is 10.3. The van der Waals surface area contributed by atoms with Gasteiger partial charge in [-0.3, -0.25) is 4.79 Å². The van der Waals surface area contributed by atoms with E-state index in [1.165, 1.54) is 88.2 Å². The Morgan fingerprint density at radius 2 is 1.31 bits per heavy atom. The second kappa shape index (κ2) is 21.4. The third-order valence-electron chi connectivity index (χ3n) is 8.25. The van der Waals surface area contributed by atoms with Crippen molar-refractivity contribution in [3.63, 3.8) is 0 Å². The number of hydrogen-bond acceptors (Lipinski definition) is 3. The lowest BCUT2D eigenvalue weighted by Crippen LogP contribution is -2.45. The van der Waals surface area contributed by atoms with Gasteiger partial charge in [0, 0.05) is 12.0 Å². The number of unbranched alkanes of at least 4 members (excludes halogenated alkanes) is 11. The molecule has 0 saturated carbocycles. The molecule has 0 heterocycles. The van der Waals surface area contributed by atoms with Crippen molar-refractivity contribution in [1.29, 1.82) is 0 Å². The van der Waals surface area contributed by atoms with E-state index in [4.69, 9.17) is 9.47 Å². The van der Waals surface area contributed by atoms with Gasteiger partial charge in [-0.15, -0.1) is 0 Å². The third kappa shape index (κ3) is 15.8. The lowest BCUT2D eigenvalue weighted by molar-refractivity contribution is -0.906. The Hall–Kier alpha value is -2.33. The monoisotopic (exact) mass is 580 g/mol. The van der Waals surface area contributed by atoms with Crippen LogP contribution in [0.25, 0.3) is 0 Å². The average molecular weight is 581 g/mol. The third-order valence-corrected chi connectivity index (χ3v) is 8.25. The summed E-state index contributed by atoms with van der Waals surface area (Å²) in [5, 5.41) is 0. The van der Waals surface area contributed by atoms with E-state index in [1.807, 2.05) is 12.1 Å². The van der Waals surface area contributed by atoms with Crippen LogP contribution in [0.5, 0.6) is 5.75 Å². The lowest BCUT2D eigenvalue weighted by Gasteiger charge is -2.33. The predicted molar refractivity (Wildman–Crippen MR) is 178 cm³/mol. The van der Waals surface area contributed by atoms with Crippen molar-refractivity contribution in [2.24, 2.45) is 5.92 Å². The summed E-state index contributed by atoms with van der Waals surface area (Å²) >= 11 is 0. The topological polar surface area (TPSA) is 35.5 Å². The smallest absolute Gasteiger partial charge is 0.317 e. The Morgan fingerprint density at radius 1 is 0.714 bits per heavy atom. The molecule has 0 radical (unpaired) electrons. The summed E-state index contributed by atoms with van der Waals surface area (Å²) in [7, 11) is 4.37. The Bertz CT molecular complexity index is 958. The molecule has 0 saturated heterocycles. The number of ether oxygens (including phenoxy) is 2. The fourth-order valence-electron chi connectivity index (χ4n) is 5.81. The molecule has 0 aliphatic rings. The van der Waals surface area contributed by atoms with E-state index in [1.54, 1.807) is 0 Å². The maximum Gasteiger partial charge on any atom is 0.317 e. The van der Waals surface area contributed by atoms with Gasteiger partial charge in [-0.25, -0.2) is 0 Å². The van der Waals surface area contributed by atoms with Crippen LogP contribution in [-0.2, 0) is 22.5 Å². The Balaban J connectivity index is 1.75. The SMILES string of the molecule is CCCCCCCCCCCCCCc1cccc(OC(CCC)OC(=O)C(CC)C[N+](C)(C)Cc2ccccc2)c1. The molecular formula is C38H62NO3+. The van der Waals surface area contributed by atoms with Gasteiger partial charge in [-0.1, -0.05) is 134 Å². The minimum atomic E-state index is -0.553. The van der Waals surface area contributed by atoms with E-state index in [0.29, 0.717) is 6.42 Å². The zero-order valence-electron chi connectivity index (χ0n) is 27.8. The molecular weight excluding hydrogens is 518 g/mol. The number of aryl methyl sites for hydroxylation is 1. The first-order valence-corrected chi connectivity index (χ1v) is 17.2. The minimum absolute atomic E-state index is 0.150. The molecule has 0 bridgehead atoms. The van der Waals surface area contributed by atoms with E-state index in [-0.39, 0.29) is 11.9 Å². The molecule has 4 nitrogen and oxygen atoms in total. The molecule has 2 aromatic rings. The van der Waals surface area contributed by atoms with Crippen LogP contribution < -0.4 is 4.74 Å². The maximum atomic E-state index is 13.3. The maximum absolute atomic E-state index is 13.3. The molecule has 2 rings (SSSR count). The summed E-state index contributed by atoms with van der Waals surface area (Å²) in [5.41, 5.74) is 2.58. The van der Waals surface area contributed by atoms with Crippen molar-refractivity contribution in [3.8, 4) is 5.75 Å². The average Bonchev–Trinajstić information content (AvgIpc) is 2.97. The summed E-state index contributed by atoms with van der Waals surface area (Å²) in [4.78, 5) is 13.3. The molecule has 2 atom stereocenters. The zero-order valence-corrected chi connectivity index (χ0v) is 27.8. The number of rotatable bonds is 24. The molecule has 0 fully saturated rings. The van der Waals surface area contributed by atoms with Gasteiger partial charge in [-0.2, -0.15) is 0 Å². The van der Waals surface area contributed by atoms with Gasteiger partial charge in [-0.05, 0) is 43.4 Å². The second-order valence-corrected chi connectivity index (χ2v) is 12.9. The fraction of sp³-hybridized carbons (Fsp3) is 0.658. The summed E-state index contributed by atoms with van der Waals surface area (Å²) in [6.07, 6.45) is 19.2. The summed E-state index contributed by atoms with van der Waals surface area (Å²) in [5.74, 6) is 0.484. The molecule has 42 heavy (non-hydrogen) atoms. The standard InChI is InChI=1S/C38H62NO3/c1-6-9-10-11-12-13-14-15-16-17-18-20-25-33-28-23-29-36(30-33)41-37(24-7-2)42-38(40)35(8-3)32-39(4,5)31-34-26-21-19-22-27-34/h19,21-23,26-30,35,37H,6-18,20,24-25,31-32H2,1-5H3/q+1. The van der Waals surface area contributed by atoms with Gasteiger partial charge in [0.25, 0.3) is 0 Å². The highest BCUT2D eigenvalue weighted by Crippen LogP contribution is 2.22. The minimum Gasteiger partial charge on any atom is -0.455 e. The normalized spacial score (nSPS) is 13.1. The molecule has 0 aliphatic heterocycles. The van der Waals surface area contributed by atoms with Crippen LogP contribution in [0.3, 0.4) is 0 Å². The van der Waals surface area contributed by atoms with Crippen LogP contribution in [0.1, 0.15) is 128 Å². The van der Waals surface area contributed by atoms with Gasteiger partial charge in [0.1, 0.15) is 18.2 Å². The summed E-state index contributed by atoms with van der Waals surface area (Å²) in [6.45, 7) is 8.07. The quantitative estimate of drug-likeness (QED) is 0.0536. The van der Waals surface area contributed by atoms with E-state index in [2.05, 4.69) is 77.3 Å². The molecule has 0 aliphatic carbocycles. The summed E-state index contributed by atoms with van der Waals surface area (Å²) < 4.78 is 13.0.